The van der Waals surface area contributed by atoms with Crippen LogP contribution < -0.4 is 10.6 Å². The molecule has 3 rings (SSSR count). The zero-order valence-corrected chi connectivity index (χ0v) is 16.5. The quantitative estimate of drug-likeness (QED) is 0.653. The molecule has 1 aromatic heterocycles. The first-order valence-electron chi connectivity index (χ1n) is 9.24. The van der Waals surface area contributed by atoms with Crippen molar-refractivity contribution in [2.24, 2.45) is 0 Å². The molecule has 0 atom stereocenters. The van der Waals surface area contributed by atoms with Gasteiger partial charge in [0.2, 0.25) is 0 Å². The minimum absolute atomic E-state index is 0.193. The molecular weight excluding hydrogens is 334 g/mol. The van der Waals surface area contributed by atoms with Gasteiger partial charge in [0.25, 0.3) is 0 Å². The van der Waals surface area contributed by atoms with Gasteiger partial charge >= 0.3 is 6.03 Å². The predicted octanol–water partition coefficient (Wildman–Crippen LogP) is 5.09. The summed E-state index contributed by atoms with van der Waals surface area (Å²) in [4.78, 5) is 12.3. The van der Waals surface area contributed by atoms with Crippen LogP contribution in [0.15, 0.2) is 54.7 Å². The van der Waals surface area contributed by atoms with Gasteiger partial charge in [-0.1, -0.05) is 41.5 Å². The predicted molar refractivity (Wildman–Crippen MR) is 111 cm³/mol. The molecule has 140 valence electrons. The summed E-state index contributed by atoms with van der Waals surface area (Å²) in [5.41, 5.74) is 7.99. The highest BCUT2D eigenvalue weighted by Crippen LogP contribution is 2.16. The lowest BCUT2D eigenvalue weighted by molar-refractivity contribution is 0.251. The summed E-state index contributed by atoms with van der Waals surface area (Å²) in [6, 6.07) is 16.4. The van der Waals surface area contributed by atoms with E-state index in [0.717, 1.165) is 23.5 Å². The van der Waals surface area contributed by atoms with Crippen molar-refractivity contribution in [3.63, 3.8) is 0 Å². The van der Waals surface area contributed by atoms with E-state index in [1.54, 1.807) is 0 Å². The Hall–Kier alpha value is -3.01. The third-order valence-corrected chi connectivity index (χ3v) is 4.83. The van der Waals surface area contributed by atoms with Crippen molar-refractivity contribution in [3.05, 3.63) is 88.2 Å². The van der Waals surface area contributed by atoms with Crippen molar-refractivity contribution in [2.45, 2.75) is 40.8 Å². The Morgan fingerprint density at radius 2 is 1.67 bits per heavy atom. The van der Waals surface area contributed by atoms with Gasteiger partial charge in [0.1, 0.15) is 0 Å². The van der Waals surface area contributed by atoms with Gasteiger partial charge in [-0.25, -0.2) is 4.79 Å². The molecule has 0 aliphatic heterocycles. The lowest BCUT2D eigenvalue weighted by Gasteiger charge is -2.14. The summed E-state index contributed by atoms with van der Waals surface area (Å²) in [5.74, 6) is 0. The highest BCUT2D eigenvalue weighted by molar-refractivity contribution is 5.90. The number of nitrogens with one attached hydrogen (secondary N) is 2. The highest BCUT2D eigenvalue weighted by Gasteiger charge is 2.08. The first-order chi connectivity index (χ1) is 12.9. The van der Waals surface area contributed by atoms with E-state index in [9.17, 15) is 4.79 Å². The van der Waals surface area contributed by atoms with Gasteiger partial charge in [0.15, 0.2) is 0 Å². The summed E-state index contributed by atoms with van der Waals surface area (Å²) >= 11 is 0. The molecule has 0 fully saturated rings. The highest BCUT2D eigenvalue weighted by atomic mass is 16.2. The van der Waals surface area contributed by atoms with Crippen LogP contribution in [0.5, 0.6) is 0 Å². The number of carbonyl (C=O) groups excluding carboxylic acids is 1. The van der Waals surface area contributed by atoms with Crippen molar-refractivity contribution < 1.29 is 4.79 Å². The number of nitrogens with zero attached hydrogens (tertiary/aromatic N) is 1. The normalized spacial score (nSPS) is 10.7. The molecule has 4 heteroatoms. The molecule has 2 aromatic carbocycles. The molecule has 0 saturated carbocycles. The molecule has 0 unspecified atom stereocenters. The van der Waals surface area contributed by atoms with Crippen molar-refractivity contribution in [2.75, 3.05) is 5.32 Å². The first kappa shape index (κ1) is 18.8. The first-order valence-corrected chi connectivity index (χ1v) is 9.24. The summed E-state index contributed by atoms with van der Waals surface area (Å²) in [6.07, 6.45) is 2.06. The monoisotopic (exact) mass is 361 g/mol. The number of anilines is 1. The molecule has 0 saturated heterocycles. The molecule has 0 aliphatic carbocycles. The number of hydrogen-bond acceptors (Lipinski definition) is 1. The van der Waals surface area contributed by atoms with Crippen molar-refractivity contribution >= 4 is 11.7 Å². The molecule has 2 N–H and O–H groups in total. The fourth-order valence-corrected chi connectivity index (χ4v) is 3.21. The third kappa shape index (κ3) is 4.79. The molecule has 0 spiro atoms. The van der Waals surface area contributed by atoms with E-state index in [1.807, 2.05) is 38.1 Å². The van der Waals surface area contributed by atoms with Crippen molar-refractivity contribution in [1.29, 1.82) is 0 Å². The Bertz CT molecular complexity index is 956. The largest absolute Gasteiger partial charge is 0.345 e. The Balaban J connectivity index is 1.63. The standard InChI is InChI=1S/C23H27N3O/c1-16-8-10-22(19(4)12-16)25-23(27)24-14-21-6-5-11-26(21)15-20-13-17(2)7-9-18(20)3/h5-13H,14-15H2,1-4H3,(H2,24,25,27). The van der Waals surface area contributed by atoms with Crippen LogP contribution in [0.25, 0.3) is 0 Å². The summed E-state index contributed by atoms with van der Waals surface area (Å²) < 4.78 is 2.18. The van der Waals surface area contributed by atoms with Gasteiger partial charge in [-0.3, -0.25) is 0 Å². The van der Waals surface area contributed by atoms with Crippen LogP contribution in [-0.2, 0) is 13.1 Å². The lowest BCUT2D eigenvalue weighted by atomic mass is 10.1. The van der Waals surface area contributed by atoms with E-state index < -0.39 is 0 Å². The van der Waals surface area contributed by atoms with Gasteiger partial charge < -0.3 is 15.2 Å². The number of aryl methyl sites for hydroxylation is 4. The lowest BCUT2D eigenvalue weighted by Crippen LogP contribution is -2.29. The number of benzene rings is 2. The smallest absolute Gasteiger partial charge is 0.319 e. The number of carbonyl (C=O) groups is 1. The van der Waals surface area contributed by atoms with E-state index in [4.69, 9.17) is 0 Å². The Labute approximate surface area is 161 Å². The Morgan fingerprint density at radius 3 is 2.44 bits per heavy atom. The minimum atomic E-state index is -0.193. The topological polar surface area (TPSA) is 46.1 Å². The third-order valence-electron chi connectivity index (χ3n) is 4.83. The average molecular weight is 361 g/mol. The SMILES string of the molecule is Cc1ccc(NC(=O)NCc2cccn2Cc2cc(C)ccc2C)c(C)c1. The number of hydrogen-bond donors (Lipinski definition) is 2. The van der Waals surface area contributed by atoms with Crippen LogP contribution in [0, 0.1) is 27.7 Å². The van der Waals surface area contributed by atoms with E-state index in [2.05, 4.69) is 59.5 Å². The molecule has 0 bridgehead atoms. The second kappa shape index (κ2) is 8.12. The average Bonchev–Trinajstić information content (AvgIpc) is 3.06. The molecule has 1 heterocycles. The van der Waals surface area contributed by atoms with Crippen LogP contribution in [0.2, 0.25) is 0 Å². The maximum absolute atomic E-state index is 12.3. The van der Waals surface area contributed by atoms with Gasteiger partial charge in [0, 0.05) is 24.1 Å². The van der Waals surface area contributed by atoms with Crippen LogP contribution in [-0.4, -0.2) is 10.6 Å². The zero-order valence-electron chi connectivity index (χ0n) is 16.5. The summed E-state index contributed by atoms with van der Waals surface area (Å²) in [5, 5.41) is 5.88. The maximum atomic E-state index is 12.3. The molecule has 4 nitrogen and oxygen atoms in total. The van der Waals surface area contributed by atoms with Crippen LogP contribution in [0.3, 0.4) is 0 Å². The van der Waals surface area contributed by atoms with E-state index in [0.29, 0.717) is 6.54 Å². The molecular formula is C23H27N3O. The van der Waals surface area contributed by atoms with E-state index in [-0.39, 0.29) is 6.03 Å². The molecule has 3 aromatic rings. The summed E-state index contributed by atoms with van der Waals surface area (Å²) in [7, 11) is 0. The van der Waals surface area contributed by atoms with Gasteiger partial charge in [-0.15, -0.1) is 0 Å². The summed E-state index contributed by atoms with van der Waals surface area (Å²) in [6.45, 7) is 9.57. The second-order valence-electron chi connectivity index (χ2n) is 7.18. The van der Waals surface area contributed by atoms with Crippen LogP contribution in [0.1, 0.15) is 33.5 Å². The molecule has 2 amide bonds. The van der Waals surface area contributed by atoms with Gasteiger partial charge in [-0.05, 0) is 62.6 Å². The van der Waals surface area contributed by atoms with Crippen molar-refractivity contribution in [3.8, 4) is 0 Å². The Morgan fingerprint density at radius 1 is 0.926 bits per heavy atom. The molecule has 27 heavy (non-hydrogen) atoms. The molecule has 0 aliphatic rings. The second-order valence-corrected chi connectivity index (χ2v) is 7.18. The van der Waals surface area contributed by atoms with Gasteiger partial charge in [-0.2, -0.15) is 0 Å². The molecule has 0 radical (unpaired) electrons. The number of aromatic nitrogens is 1. The number of amides is 2. The maximum Gasteiger partial charge on any atom is 0.319 e. The van der Waals surface area contributed by atoms with E-state index in [1.165, 1.54) is 22.3 Å². The number of rotatable bonds is 5. The van der Waals surface area contributed by atoms with E-state index >= 15 is 0 Å². The zero-order chi connectivity index (χ0) is 19.4. The number of urea groups is 1. The van der Waals surface area contributed by atoms with Gasteiger partial charge in [0.05, 0.1) is 6.54 Å². The fourth-order valence-electron chi connectivity index (χ4n) is 3.21. The Kier molecular flexibility index (Phi) is 5.65. The minimum Gasteiger partial charge on any atom is -0.345 e. The fraction of sp³-hybridized carbons (Fsp3) is 0.261. The van der Waals surface area contributed by atoms with Crippen molar-refractivity contribution in [1.82, 2.24) is 9.88 Å². The van der Waals surface area contributed by atoms with Crippen LogP contribution in [0.4, 0.5) is 10.5 Å². The van der Waals surface area contributed by atoms with Crippen LogP contribution >= 0.6 is 0 Å².